The Kier molecular flexibility index (Phi) is 4.70. The first-order chi connectivity index (χ1) is 9.43. The van der Waals surface area contributed by atoms with E-state index < -0.39 is 9.05 Å². The van der Waals surface area contributed by atoms with E-state index in [9.17, 15) is 13.2 Å². The van der Waals surface area contributed by atoms with E-state index in [-0.39, 0.29) is 16.8 Å². The molecule has 1 aromatic carbocycles. The van der Waals surface area contributed by atoms with Crippen molar-refractivity contribution in [2.75, 3.05) is 6.54 Å². The van der Waals surface area contributed by atoms with Crippen molar-refractivity contribution in [3.8, 4) is 0 Å². The molecule has 0 bridgehead atoms. The van der Waals surface area contributed by atoms with Gasteiger partial charge in [-0.05, 0) is 43.9 Å². The Morgan fingerprint density at radius 2 is 2.15 bits per heavy atom. The second kappa shape index (κ2) is 6.14. The SMILES string of the molecule is CCC1CCCCN1C(=O)c1cccc(S(=O)(=O)Cl)c1. The molecule has 110 valence electrons. The molecule has 1 aliphatic heterocycles. The minimum atomic E-state index is -3.81. The van der Waals surface area contributed by atoms with E-state index >= 15 is 0 Å². The van der Waals surface area contributed by atoms with Crippen LogP contribution in [0.5, 0.6) is 0 Å². The predicted octanol–water partition coefficient (Wildman–Crippen LogP) is 3.02. The first-order valence-corrected chi connectivity index (χ1v) is 9.10. The number of halogens is 1. The van der Waals surface area contributed by atoms with E-state index in [0.717, 1.165) is 32.2 Å². The molecule has 2 rings (SSSR count). The summed E-state index contributed by atoms with van der Waals surface area (Å²) in [4.78, 5) is 14.4. The van der Waals surface area contributed by atoms with Crippen LogP contribution in [0.1, 0.15) is 43.0 Å². The summed E-state index contributed by atoms with van der Waals surface area (Å²) < 4.78 is 22.7. The molecule has 6 heteroatoms. The fourth-order valence-corrected chi connectivity index (χ4v) is 3.44. The molecule has 1 atom stereocenters. The van der Waals surface area contributed by atoms with Crippen molar-refractivity contribution in [1.29, 1.82) is 0 Å². The van der Waals surface area contributed by atoms with Crippen LogP contribution in [0.2, 0.25) is 0 Å². The highest BCUT2D eigenvalue weighted by Gasteiger charge is 2.26. The second-order valence-corrected chi connectivity index (χ2v) is 7.59. The maximum Gasteiger partial charge on any atom is 0.261 e. The number of nitrogens with zero attached hydrogens (tertiary/aromatic N) is 1. The van der Waals surface area contributed by atoms with Crippen LogP contribution in [0.15, 0.2) is 29.2 Å². The average Bonchev–Trinajstić information content (AvgIpc) is 2.45. The molecule has 0 saturated carbocycles. The van der Waals surface area contributed by atoms with Crippen LogP contribution in [0, 0.1) is 0 Å². The minimum absolute atomic E-state index is 0.0323. The normalized spacial score (nSPS) is 19.9. The van der Waals surface area contributed by atoms with Gasteiger partial charge >= 0.3 is 0 Å². The lowest BCUT2D eigenvalue weighted by molar-refractivity contribution is 0.0608. The molecule has 1 amide bonds. The maximum atomic E-state index is 12.5. The average molecular weight is 316 g/mol. The van der Waals surface area contributed by atoms with Gasteiger partial charge in [0.05, 0.1) is 4.90 Å². The quantitative estimate of drug-likeness (QED) is 0.806. The van der Waals surface area contributed by atoms with Crippen LogP contribution in [-0.2, 0) is 9.05 Å². The van der Waals surface area contributed by atoms with Crippen molar-refractivity contribution >= 4 is 25.6 Å². The minimum Gasteiger partial charge on any atom is -0.336 e. The summed E-state index contributed by atoms with van der Waals surface area (Å²) in [6.45, 7) is 2.80. The molecule has 20 heavy (non-hydrogen) atoms. The summed E-state index contributed by atoms with van der Waals surface area (Å²) in [5.41, 5.74) is 0.382. The van der Waals surface area contributed by atoms with E-state index in [1.54, 1.807) is 12.1 Å². The molecular formula is C14H18ClNO3S. The van der Waals surface area contributed by atoms with Crippen LogP contribution in [-0.4, -0.2) is 31.8 Å². The standard InChI is InChI=1S/C14H18ClNO3S/c1-2-12-7-3-4-9-16(12)14(17)11-6-5-8-13(10-11)20(15,18)19/h5-6,8,10,12H,2-4,7,9H2,1H3. The molecule has 1 aliphatic rings. The second-order valence-electron chi connectivity index (χ2n) is 5.02. The first kappa shape index (κ1) is 15.3. The summed E-state index contributed by atoms with van der Waals surface area (Å²) >= 11 is 0. The topological polar surface area (TPSA) is 54.5 Å². The van der Waals surface area contributed by atoms with E-state index in [1.165, 1.54) is 12.1 Å². The first-order valence-electron chi connectivity index (χ1n) is 6.79. The summed E-state index contributed by atoms with van der Waals surface area (Å²) in [6.07, 6.45) is 4.06. The molecule has 4 nitrogen and oxygen atoms in total. The van der Waals surface area contributed by atoms with Gasteiger partial charge in [-0.25, -0.2) is 8.42 Å². The lowest BCUT2D eigenvalue weighted by atomic mass is 9.99. The van der Waals surface area contributed by atoms with Crippen LogP contribution < -0.4 is 0 Å². The number of carbonyl (C=O) groups excluding carboxylic acids is 1. The van der Waals surface area contributed by atoms with Crippen LogP contribution in [0.25, 0.3) is 0 Å². The molecule has 0 radical (unpaired) electrons. The number of hydrogen-bond acceptors (Lipinski definition) is 3. The van der Waals surface area contributed by atoms with Gasteiger partial charge in [0, 0.05) is 28.8 Å². The molecule has 0 aliphatic carbocycles. The van der Waals surface area contributed by atoms with Gasteiger partial charge in [-0.15, -0.1) is 0 Å². The Balaban J connectivity index is 2.29. The van der Waals surface area contributed by atoms with Gasteiger partial charge < -0.3 is 4.90 Å². The van der Waals surface area contributed by atoms with Crippen molar-refractivity contribution in [2.24, 2.45) is 0 Å². The van der Waals surface area contributed by atoms with Crippen LogP contribution in [0.4, 0.5) is 0 Å². The Hall–Kier alpha value is -1.07. The van der Waals surface area contributed by atoms with Gasteiger partial charge in [0.25, 0.3) is 15.0 Å². The van der Waals surface area contributed by atoms with E-state index in [4.69, 9.17) is 10.7 Å². The molecule has 1 aromatic rings. The van der Waals surface area contributed by atoms with Crippen LogP contribution in [0.3, 0.4) is 0 Å². The lowest BCUT2D eigenvalue weighted by Crippen LogP contribution is -2.43. The van der Waals surface area contributed by atoms with Crippen molar-refractivity contribution in [1.82, 2.24) is 4.90 Å². The fraction of sp³-hybridized carbons (Fsp3) is 0.500. The molecule has 1 fully saturated rings. The number of amides is 1. The third-order valence-corrected chi connectivity index (χ3v) is 5.07. The Morgan fingerprint density at radius 1 is 1.40 bits per heavy atom. The summed E-state index contributed by atoms with van der Waals surface area (Å²) in [6, 6.07) is 6.17. The van der Waals surface area contributed by atoms with Crippen LogP contribution >= 0.6 is 10.7 Å². The highest BCUT2D eigenvalue weighted by atomic mass is 35.7. The number of likely N-dealkylation sites (tertiary alicyclic amines) is 1. The molecule has 0 N–H and O–H groups in total. The fourth-order valence-electron chi connectivity index (χ4n) is 2.64. The van der Waals surface area contributed by atoms with Gasteiger partial charge in [-0.1, -0.05) is 13.0 Å². The molecular weight excluding hydrogens is 298 g/mol. The summed E-state index contributed by atoms with van der Waals surface area (Å²) in [5, 5.41) is 0. The van der Waals surface area contributed by atoms with Crippen molar-refractivity contribution in [3.05, 3.63) is 29.8 Å². The molecule has 1 saturated heterocycles. The van der Waals surface area contributed by atoms with E-state index in [0.29, 0.717) is 5.56 Å². The number of piperidine rings is 1. The zero-order valence-electron chi connectivity index (χ0n) is 11.4. The monoisotopic (exact) mass is 315 g/mol. The maximum absolute atomic E-state index is 12.5. The molecule has 0 aromatic heterocycles. The molecule has 1 unspecified atom stereocenters. The largest absolute Gasteiger partial charge is 0.336 e. The van der Waals surface area contributed by atoms with Gasteiger partial charge in [0.15, 0.2) is 0 Å². The third-order valence-electron chi connectivity index (χ3n) is 3.72. The number of benzene rings is 1. The van der Waals surface area contributed by atoms with Crippen molar-refractivity contribution < 1.29 is 13.2 Å². The zero-order chi connectivity index (χ0) is 14.8. The van der Waals surface area contributed by atoms with E-state index in [1.807, 2.05) is 4.90 Å². The van der Waals surface area contributed by atoms with Gasteiger partial charge in [-0.2, -0.15) is 0 Å². The zero-order valence-corrected chi connectivity index (χ0v) is 13.0. The van der Waals surface area contributed by atoms with Gasteiger partial charge in [-0.3, -0.25) is 4.79 Å². The Labute approximate surface area is 124 Å². The summed E-state index contributed by atoms with van der Waals surface area (Å²) in [7, 11) is 1.52. The molecule has 0 spiro atoms. The smallest absolute Gasteiger partial charge is 0.261 e. The van der Waals surface area contributed by atoms with Gasteiger partial charge in [0.1, 0.15) is 0 Å². The Morgan fingerprint density at radius 3 is 2.80 bits per heavy atom. The van der Waals surface area contributed by atoms with Crippen molar-refractivity contribution in [2.45, 2.75) is 43.5 Å². The predicted molar refractivity (Wildman–Crippen MR) is 78.4 cm³/mol. The highest BCUT2D eigenvalue weighted by Crippen LogP contribution is 2.23. The van der Waals surface area contributed by atoms with Crippen molar-refractivity contribution in [3.63, 3.8) is 0 Å². The number of rotatable bonds is 3. The summed E-state index contributed by atoms with van der Waals surface area (Å²) in [5.74, 6) is -0.112. The highest BCUT2D eigenvalue weighted by molar-refractivity contribution is 8.13. The Bertz CT molecular complexity index is 600. The van der Waals surface area contributed by atoms with Gasteiger partial charge in [0.2, 0.25) is 0 Å². The molecule has 1 heterocycles. The third kappa shape index (κ3) is 3.33. The number of carbonyl (C=O) groups is 1. The lowest BCUT2D eigenvalue weighted by Gasteiger charge is -2.35. The van der Waals surface area contributed by atoms with E-state index in [2.05, 4.69) is 6.92 Å². The number of hydrogen-bond donors (Lipinski definition) is 0.